The average molecular weight is 408 g/mol. The molecule has 2 atom stereocenters. The summed E-state index contributed by atoms with van der Waals surface area (Å²) >= 11 is 0. The number of nitrogens with zero attached hydrogens (tertiary/aromatic N) is 2. The van der Waals surface area contributed by atoms with Crippen molar-refractivity contribution in [3.63, 3.8) is 0 Å². The Balaban J connectivity index is 1.19. The number of fused-ring (bicyclic) bond motifs is 1. The molecule has 5 nitrogen and oxygen atoms in total. The van der Waals surface area contributed by atoms with Gasteiger partial charge in [-0.3, -0.25) is 9.69 Å². The van der Waals surface area contributed by atoms with E-state index in [4.69, 9.17) is 4.98 Å². The Bertz CT molecular complexity index is 840. The molecule has 1 aromatic carbocycles. The molecule has 30 heavy (non-hydrogen) atoms. The molecule has 0 saturated carbocycles. The van der Waals surface area contributed by atoms with Crippen molar-refractivity contribution in [2.24, 2.45) is 5.92 Å². The van der Waals surface area contributed by atoms with Crippen LogP contribution >= 0.6 is 0 Å². The highest BCUT2D eigenvalue weighted by atomic mass is 16.4. The number of unbranched alkanes of at least 4 members (excludes halogenated alkanes) is 2. The van der Waals surface area contributed by atoms with Gasteiger partial charge in [-0.05, 0) is 68.2 Å². The summed E-state index contributed by atoms with van der Waals surface area (Å²) in [7, 11) is 0. The van der Waals surface area contributed by atoms with Crippen molar-refractivity contribution in [1.82, 2.24) is 9.88 Å². The maximum Gasteiger partial charge on any atom is 0.325 e. The van der Waals surface area contributed by atoms with Gasteiger partial charge in [-0.1, -0.05) is 49.2 Å². The zero-order valence-electron chi connectivity index (χ0n) is 17.7. The predicted octanol–water partition coefficient (Wildman–Crippen LogP) is 4.69. The second-order valence-corrected chi connectivity index (χ2v) is 8.74. The van der Waals surface area contributed by atoms with E-state index in [0.29, 0.717) is 5.92 Å². The number of aromatic nitrogens is 1. The number of aliphatic carboxylic acids is 1. The topological polar surface area (TPSA) is 65.5 Å². The summed E-state index contributed by atoms with van der Waals surface area (Å²) in [6, 6.07) is 13.6. The number of anilines is 1. The molecule has 5 heteroatoms. The first-order valence-electron chi connectivity index (χ1n) is 11.4. The monoisotopic (exact) mass is 407 g/mol. The Morgan fingerprint density at radius 1 is 1.17 bits per heavy atom. The molecule has 0 radical (unpaired) electrons. The summed E-state index contributed by atoms with van der Waals surface area (Å²) in [6.45, 7) is 2.81. The number of nitrogens with one attached hydrogen (secondary N) is 1. The van der Waals surface area contributed by atoms with Gasteiger partial charge in [-0.15, -0.1) is 0 Å². The number of likely N-dealkylation sites (tertiary alicyclic amines) is 1. The Hall–Kier alpha value is -2.40. The smallest absolute Gasteiger partial charge is 0.325 e. The van der Waals surface area contributed by atoms with Gasteiger partial charge < -0.3 is 10.4 Å². The van der Waals surface area contributed by atoms with Crippen LogP contribution in [0.4, 0.5) is 5.82 Å². The maximum atomic E-state index is 11.9. The summed E-state index contributed by atoms with van der Waals surface area (Å²) in [4.78, 5) is 18.8. The minimum absolute atomic E-state index is 0.514. The van der Waals surface area contributed by atoms with Gasteiger partial charge in [0.05, 0.1) is 0 Å². The molecule has 0 bridgehead atoms. The fraction of sp³-hybridized carbons (Fsp3) is 0.520. The first-order chi connectivity index (χ1) is 14.7. The van der Waals surface area contributed by atoms with E-state index >= 15 is 0 Å². The van der Waals surface area contributed by atoms with Crippen LogP contribution in [0.1, 0.15) is 61.4 Å². The molecule has 2 N–H and O–H groups in total. The van der Waals surface area contributed by atoms with E-state index in [1.165, 1.54) is 43.4 Å². The minimum Gasteiger partial charge on any atom is -0.480 e. The zero-order valence-corrected chi connectivity index (χ0v) is 17.7. The van der Waals surface area contributed by atoms with Crippen molar-refractivity contribution < 1.29 is 9.90 Å². The zero-order chi connectivity index (χ0) is 20.8. The molecule has 2 aliphatic rings. The van der Waals surface area contributed by atoms with Gasteiger partial charge in [0.15, 0.2) is 0 Å². The van der Waals surface area contributed by atoms with E-state index in [0.717, 1.165) is 50.3 Å². The number of carbonyl (C=O) groups is 1. The number of rotatable bonds is 9. The molecule has 1 unspecified atom stereocenters. The Morgan fingerprint density at radius 2 is 2.03 bits per heavy atom. The first-order valence-corrected chi connectivity index (χ1v) is 11.4. The number of carboxylic acid groups (broad SMARTS) is 1. The number of pyridine rings is 1. The minimum atomic E-state index is -0.742. The SMILES string of the molecule is O=C(O)C(c1ccccc1)N1CC[C@@H](CCCCCc2ccc3c(n2)NCCC3)C1. The molecule has 1 fully saturated rings. The quantitative estimate of drug-likeness (QED) is 0.590. The lowest BCUT2D eigenvalue weighted by molar-refractivity contribution is -0.143. The Morgan fingerprint density at radius 3 is 2.87 bits per heavy atom. The standard InChI is InChI=1S/C25H33N3O2/c29-25(30)23(20-9-4-2-5-10-20)28-17-15-19(18-28)8-3-1-6-12-22-14-13-21-11-7-16-26-24(21)27-22/h2,4-5,9-10,13-14,19,23H,1,3,6-8,11-12,15-18H2,(H,26,27)(H,29,30)/t19-,23?/m1/s1. The fourth-order valence-electron chi connectivity index (χ4n) is 4.90. The Kier molecular flexibility index (Phi) is 7.00. The molecule has 0 aliphatic carbocycles. The molecule has 0 amide bonds. The molecule has 2 aliphatic heterocycles. The van der Waals surface area contributed by atoms with E-state index in [9.17, 15) is 9.90 Å². The van der Waals surface area contributed by atoms with Crippen LogP contribution in [0.5, 0.6) is 0 Å². The van der Waals surface area contributed by atoms with Crippen LogP contribution in [0.3, 0.4) is 0 Å². The van der Waals surface area contributed by atoms with Crippen molar-refractivity contribution in [1.29, 1.82) is 0 Å². The molecule has 160 valence electrons. The average Bonchev–Trinajstić information content (AvgIpc) is 3.22. The van der Waals surface area contributed by atoms with Gasteiger partial charge in [0.1, 0.15) is 11.9 Å². The van der Waals surface area contributed by atoms with Gasteiger partial charge >= 0.3 is 5.97 Å². The lowest BCUT2D eigenvalue weighted by Crippen LogP contribution is -2.32. The summed E-state index contributed by atoms with van der Waals surface area (Å²) in [5.74, 6) is 0.965. The van der Waals surface area contributed by atoms with E-state index in [2.05, 4.69) is 22.3 Å². The van der Waals surface area contributed by atoms with Gasteiger partial charge in [0, 0.05) is 18.8 Å². The number of aryl methyl sites for hydroxylation is 2. The lowest BCUT2D eigenvalue weighted by Gasteiger charge is -2.24. The van der Waals surface area contributed by atoms with Crippen LogP contribution in [0.2, 0.25) is 0 Å². The first kappa shape index (κ1) is 20.9. The molecule has 1 saturated heterocycles. The summed E-state index contributed by atoms with van der Waals surface area (Å²) in [5.41, 5.74) is 3.44. The van der Waals surface area contributed by atoms with E-state index in [1.807, 2.05) is 30.3 Å². The van der Waals surface area contributed by atoms with Crippen molar-refractivity contribution in [2.75, 3.05) is 25.0 Å². The van der Waals surface area contributed by atoms with Crippen LogP contribution in [-0.4, -0.2) is 40.6 Å². The van der Waals surface area contributed by atoms with Crippen LogP contribution in [0.25, 0.3) is 0 Å². The fourth-order valence-corrected chi connectivity index (χ4v) is 4.90. The summed E-state index contributed by atoms with van der Waals surface area (Å²) in [5, 5.41) is 13.2. The van der Waals surface area contributed by atoms with Crippen LogP contribution in [-0.2, 0) is 17.6 Å². The van der Waals surface area contributed by atoms with E-state index in [-0.39, 0.29) is 0 Å². The molecule has 1 aromatic heterocycles. The Labute approximate surface area is 179 Å². The molecular weight excluding hydrogens is 374 g/mol. The van der Waals surface area contributed by atoms with Crippen molar-refractivity contribution in [3.8, 4) is 0 Å². The van der Waals surface area contributed by atoms with Crippen molar-refractivity contribution in [2.45, 2.75) is 57.4 Å². The van der Waals surface area contributed by atoms with Crippen LogP contribution in [0, 0.1) is 5.92 Å². The second kappa shape index (κ2) is 10.1. The number of benzene rings is 1. The van der Waals surface area contributed by atoms with Gasteiger partial charge in [-0.25, -0.2) is 4.98 Å². The van der Waals surface area contributed by atoms with Crippen molar-refractivity contribution in [3.05, 3.63) is 59.3 Å². The highest BCUT2D eigenvalue weighted by Gasteiger charge is 2.33. The normalized spacial score (nSPS) is 19.8. The third-order valence-electron chi connectivity index (χ3n) is 6.53. The third kappa shape index (κ3) is 5.20. The molecular formula is C25H33N3O2. The number of carboxylic acids is 1. The van der Waals surface area contributed by atoms with Crippen LogP contribution < -0.4 is 5.32 Å². The van der Waals surface area contributed by atoms with E-state index < -0.39 is 12.0 Å². The predicted molar refractivity (Wildman–Crippen MR) is 120 cm³/mol. The molecule has 0 spiro atoms. The molecule has 3 heterocycles. The molecule has 2 aromatic rings. The third-order valence-corrected chi connectivity index (χ3v) is 6.53. The molecule has 4 rings (SSSR count). The number of hydrogen-bond acceptors (Lipinski definition) is 4. The second-order valence-electron chi connectivity index (χ2n) is 8.74. The highest BCUT2D eigenvalue weighted by molar-refractivity contribution is 5.75. The lowest BCUT2D eigenvalue weighted by atomic mass is 9.99. The maximum absolute atomic E-state index is 11.9. The summed E-state index contributed by atoms with van der Waals surface area (Å²) < 4.78 is 0. The van der Waals surface area contributed by atoms with Gasteiger partial charge in [0.25, 0.3) is 0 Å². The van der Waals surface area contributed by atoms with Crippen molar-refractivity contribution >= 4 is 11.8 Å². The van der Waals surface area contributed by atoms with E-state index in [1.54, 1.807) is 0 Å². The summed E-state index contributed by atoms with van der Waals surface area (Å²) in [6.07, 6.45) is 9.27. The van der Waals surface area contributed by atoms with Crippen LogP contribution in [0.15, 0.2) is 42.5 Å². The van der Waals surface area contributed by atoms with Gasteiger partial charge in [0.2, 0.25) is 0 Å². The van der Waals surface area contributed by atoms with Gasteiger partial charge in [-0.2, -0.15) is 0 Å². The number of hydrogen-bond donors (Lipinski definition) is 2. The largest absolute Gasteiger partial charge is 0.480 e. The highest BCUT2D eigenvalue weighted by Crippen LogP contribution is 2.30.